The molecule has 0 fully saturated rings. The number of unbranched alkanes of at least 4 members (excludes halogenated alkanes) is 1. The largest absolute Gasteiger partial charge is 0.494 e. The van der Waals surface area contributed by atoms with Crippen molar-refractivity contribution in [3.05, 3.63) is 29.3 Å². The van der Waals surface area contributed by atoms with Crippen LogP contribution >= 0.6 is 0 Å². The van der Waals surface area contributed by atoms with Crippen molar-refractivity contribution in [3.63, 3.8) is 0 Å². The third-order valence-corrected chi connectivity index (χ3v) is 2.41. The number of ketones is 1. The quantitative estimate of drug-likeness (QED) is 0.589. The molecule has 0 amide bonds. The van der Waals surface area contributed by atoms with Crippen molar-refractivity contribution in [1.29, 1.82) is 0 Å². The molecule has 100 valence electrons. The van der Waals surface area contributed by atoms with E-state index in [1.807, 2.05) is 6.92 Å². The first-order valence-electron chi connectivity index (χ1n) is 5.70. The first-order chi connectivity index (χ1) is 8.34. The highest BCUT2D eigenvalue weighted by molar-refractivity contribution is 5.94. The molecule has 0 unspecified atom stereocenters. The summed E-state index contributed by atoms with van der Waals surface area (Å²) < 4.78 is 43.1. The van der Waals surface area contributed by atoms with E-state index in [9.17, 15) is 18.0 Å². The third kappa shape index (κ3) is 4.05. The number of hydrogen-bond donors (Lipinski definition) is 0. The van der Waals surface area contributed by atoms with Crippen LogP contribution in [0.2, 0.25) is 0 Å². The van der Waals surface area contributed by atoms with E-state index in [2.05, 4.69) is 0 Å². The first-order valence-corrected chi connectivity index (χ1v) is 5.70. The molecular formula is C13H15F3O2. The lowest BCUT2D eigenvalue weighted by Crippen LogP contribution is -2.08. The van der Waals surface area contributed by atoms with Gasteiger partial charge in [0.25, 0.3) is 0 Å². The first kappa shape index (κ1) is 14.5. The number of alkyl halides is 3. The van der Waals surface area contributed by atoms with E-state index in [4.69, 9.17) is 4.74 Å². The molecule has 5 heteroatoms. The molecule has 18 heavy (non-hydrogen) atoms. The zero-order valence-corrected chi connectivity index (χ0v) is 10.3. The van der Waals surface area contributed by atoms with Crippen molar-refractivity contribution < 1.29 is 22.7 Å². The average molecular weight is 260 g/mol. The van der Waals surface area contributed by atoms with E-state index in [0.29, 0.717) is 6.61 Å². The van der Waals surface area contributed by atoms with Crippen LogP contribution in [0.4, 0.5) is 13.2 Å². The molecule has 0 heterocycles. The Bertz CT molecular complexity index is 425. The van der Waals surface area contributed by atoms with E-state index < -0.39 is 17.5 Å². The van der Waals surface area contributed by atoms with Crippen molar-refractivity contribution in [3.8, 4) is 5.75 Å². The Hall–Kier alpha value is -1.52. The third-order valence-electron chi connectivity index (χ3n) is 2.41. The molecule has 0 spiro atoms. The Labute approximate surface area is 104 Å². The van der Waals surface area contributed by atoms with Gasteiger partial charge in [0, 0.05) is 5.56 Å². The molecule has 0 saturated carbocycles. The highest BCUT2D eigenvalue weighted by Crippen LogP contribution is 2.32. The summed E-state index contributed by atoms with van der Waals surface area (Å²) in [4.78, 5) is 11.2. The Morgan fingerprint density at radius 3 is 2.44 bits per heavy atom. The highest BCUT2D eigenvalue weighted by Gasteiger charge is 2.31. The fourth-order valence-electron chi connectivity index (χ4n) is 1.38. The smallest absolute Gasteiger partial charge is 0.416 e. The summed E-state index contributed by atoms with van der Waals surface area (Å²) in [5.41, 5.74) is -0.849. The number of hydrogen-bond acceptors (Lipinski definition) is 2. The maximum absolute atomic E-state index is 12.6. The Morgan fingerprint density at radius 2 is 1.94 bits per heavy atom. The summed E-state index contributed by atoms with van der Waals surface area (Å²) in [5, 5.41) is 0. The van der Waals surface area contributed by atoms with E-state index in [1.165, 1.54) is 13.0 Å². The van der Waals surface area contributed by atoms with Crippen LogP contribution in [0, 0.1) is 0 Å². The van der Waals surface area contributed by atoms with Gasteiger partial charge in [-0.25, -0.2) is 0 Å². The lowest BCUT2D eigenvalue weighted by Gasteiger charge is -2.12. The summed E-state index contributed by atoms with van der Waals surface area (Å²) in [6.07, 6.45) is -2.83. The van der Waals surface area contributed by atoms with Crippen LogP contribution in [0.1, 0.15) is 42.6 Å². The molecule has 1 aromatic rings. The second-order valence-corrected chi connectivity index (χ2v) is 4.00. The molecule has 0 N–H and O–H groups in total. The second-order valence-electron chi connectivity index (χ2n) is 4.00. The van der Waals surface area contributed by atoms with E-state index in [0.717, 1.165) is 25.0 Å². The second kappa shape index (κ2) is 5.89. The lowest BCUT2D eigenvalue weighted by atomic mass is 10.1. The SMILES string of the molecule is CCCCOc1cc(C(C)=O)cc(C(F)(F)F)c1. The minimum absolute atomic E-state index is 0.0105. The topological polar surface area (TPSA) is 26.3 Å². The molecule has 0 saturated heterocycles. The molecule has 2 nitrogen and oxygen atoms in total. The minimum atomic E-state index is -4.48. The molecule has 0 bridgehead atoms. The number of carbonyl (C=O) groups is 1. The molecule has 0 radical (unpaired) electrons. The van der Waals surface area contributed by atoms with Gasteiger partial charge in [0.15, 0.2) is 5.78 Å². The van der Waals surface area contributed by atoms with Crippen LogP contribution in [0.5, 0.6) is 5.75 Å². The summed E-state index contributed by atoms with van der Waals surface area (Å²) in [6, 6.07) is 3.10. The zero-order valence-electron chi connectivity index (χ0n) is 10.3. The van der Waals surface area contributed by atoms with Crippen molar-refractivity contribution in [2.24, 2.45) is 0 Å². The van der Waals surface area contributed by atoms with Gasteiger partial charge in [-0.2, -0.15) is 13.2 Å². The zero-order chi connectivity index (χ0) is 13.8. The minimum Gasteiger partial charge on any atom is -0.494 e. The van der Waals surface area contributed by atoms with E-state index in [-0.39, 0.29) is 11.3 Å². The van der Waals surface area contributed by atoms with Crippen LogP contribution in [0.15, 0.2) is 18.2 Å². The Morgan fingerprint density at radius 1 is 1.28 bits per heavy atom. The fraction of sp³-hybridized carbons (Fsp3) is 0.462. The van der Waals surface area contributed by atoms with Crippen molar-refractivity contribution in [2.45, 2.75) is 32.9 Å². The summed E-state index contributed by atoms with van der Waals surface area (Å²) >= 11 is 0. The molecule has 0 atom stereocenters. The number of benzene rings is 1. The predicted molar refractivity (Wildman–Crippen MR) is 61.9 cm³/mol. The number of ether oxygens (including phenoxy) is 1. The fourth-order valence-corrected chi connectivity index (χ4v) is 1.38. The van der Waals surface area contributed by atoms with Crippen molar-refractivity contribution >= 4 is 5.78 Å². The van der Waals surface area contributed by atoms with Crippen molar-refractivity contribution in [2.75, 3.05) is 6.61 Å². The van der Waals surface area contributed by atoms with Crippen LogP contribution < -0.4 is 4.74 Å². The van der Waals surface area contributed by atoms with E-state index >= 15 is 0 Å². The molecule has 0 aromatic heterocycles. The summed E-state index contributed by atoms with van der Waals surface area (Å²) in [5.74, 6) is -0.329. The number of halogens is 3. The predicted octanol–water partition coefficient (Wildman–Crippen LogP) is 4.09. The summed E-state index contributed by atoms with van der Waals surface area (Å²) in [7, 11) is 0. The van der Waals surface area contributed by atoms with Crippen LogP contribution in [0.25, 0.3) is 0 Å². The van der Waals surface area contributed by atoms with Gasteiger partial charge in [-0.05, 0) is 31.5 Å². The van der Waals surface area contributed by atoms with Gasteiger partial charge in [-0.15, -0.1) is 0 Å². The highest BCUT2D eigenvalue weighted by atomic mass is 19.4. The number of carbonyl (C=O) groups excluding carboxylic acids is 1. The van der Waals surface area contributed by atoms with Gasteiger partial charge in [0.05, 0.1) is 12.2 Å². The molecular weight excluding hydrogens is 245 g/mol. The van der Waals surface area contributed by atoms with Gasteiger partial charge in [0.2, 0.25) is 0 Å². The lowest BCUT2D eigenvalue weighted by molar-refractivity contribution is -0.137. The number of Topliss-reactive ketones (excluding diaryl/α,β-unsaturated/α-hetero) is 1. The van der Waals surface area contributed by atoms with Crippen molar-refractivity contribution in [1.82, 2.24) is 0 Å². The van der Waals surface area contributed by atoms with Gasteiger partial charge >= 0.3 is 6.18 Å². The standard InChI is InChI=1S/C13H15F3O2/c1-3-4-5-18-12-7-10(9(2)17)6-11(8-12)13(14,15)16/h6-8H,3-5H2,1-2H3. The van der Waals surface area contributed by atoms with Gasteiger partial charge < -0.3 is 4.74 Å². The van der Waals surface area contributed by atoms with Crippen LogP contribution in [-0.4, -0.2) is 12.4 Å². The van der Waals surface area contributed by atoms with Crippen LogP contribution in [-0.2, 0) is 6.18 Å². The average Bonchev–Trinajstić information content (AvgIpc) is 2.28. The summed E-state index contributed by atoms with van der Waals surface area (Å²) in [6.45, 7) is 3.52. The maximum Gasteiger partial charge on any atom is 0.416 e. The molecule has 0 aliphatic carbocycles. The van der Waals surface area contributed by atoms with Gasteiger partial charge in [-0.3, -0.25) is 4.79 Å². The van der Waals surface area contributed by atoms with Crippen LogP contribution in [0.3, 0.4) is 0 Å². The molecule has 0 aliphatic heterocycles. The maximum atomic E-state index is 12.6. The Balaban J connectivity index is 3.03. The monoisotopic (exact) mass is 260 g/mol. The molecule has 0 aliphatic rings. The molecule has 1 aromatic carbocycles. The van der Waals surface area contributed by atoms with Gasteiger partial charge in [0.1, 0.15) is 5.75 Å². The Kier molecular flexibility index (Phi) is 4.76. The van der Waals surface area contributed by atoms with E-state index in [1.54, 1.807) is 0 Å². The molecule has 1 rings (SSSR count). The number of rotatable bonds is 5. The normalized spacial score (nSPS) is 11.4. The van der Waals surface area contributed by atoms with Gasteiger partial charge in [-0.1, -0.05) is 13.3 Å².